The summed E-state index contributed by atoms with van der Waals surface area (Å²) >= 11 is 0. The van der Waals surface area contributed by atoms with Crippen LogP contribution in [0.4, 0.5) is 0 Å². The Morgan fingerprint density at radius 3 is 2.16 bits per heavy atom. The molecule has 2 saturated carbocycles. The first-order valence-electron chi connectivity index (χ1n) is 8.50. The van der Waals surface area contributed by atoms with Gasteiger partial charge in [-0.15, -0.1) is 0 Å². The third kappa shape index (κ3) is 2.84. The van der Waals surface area contributed by atoms with E-state index in [1.807, 2.05) is 0 Å². The van der Waals surface area contributed by atoms with Crippen LogP contribution in [0.5, 0.6) is 0 Å². The van der Waals surface area contributed by atoms with Crippen LogP contribution in [0.15, 0.2) is 0 Å². The van der Waals surface area contributed by atoms with E-state index in [1.54, 1.807) is 0 Å². The van der Waals surface area contributed by atoms with Crippen molar-refractivity contribution < 1.29 is 0 Å². The molecule has 1 spiro atoms. The first kappa shape index (κ1) is 12.6. The molecule has 19 heavy (non-hydrogen) atoms. The van der Waals surface area contributed by atoms with Crippen molar-refractivity contribution in [2.75, 3.05) is 52.4 Å². The normalized spacial score (nSPS) is 35.7. The van der Waals surface area contributed by atoms with Crippen LogP contribution in [-0.2, 0) is 0 Å². The average molecular weight is 263 g/mol. The van der Waals surface area contributed by atoms with Gasteiger partial charge in [-0.05, 0) is 62.4 Å². The van der Waals surface area contributed by atoms with Crippen molar-refractivity contribution in [1.82, 2.24) is 15.1 Å². The quantitative estimate of drug-likeness (QED) is 0.827. The molecule has 1 unspecified atom stereocenters. The molecule has 4 aliphatic rings. The third-order valence-corrected chi connectivity index (χ3v) is 6.11. The summed E-state index contributed by atoms with van der Waals surface area (Å²) in [4.78, 5) is 5.46. The Labute approximate surface area is 117 Å². The van der Waals surface area contributed by atoms with Crippen LogP contribution in [0.1, 0.15) is 32.1 Å². The number of piperazine rings is 1. The molecule has 2 saturated heterocycles. The van der Waals surface area contributed by atoms with Gasteiger partial charge in [-0.1, -0.05) is 0 Å². The molecule has 0 amide bonds. The van der Waals surface area contributed by atoms with Crippen LogP contribution in [0, 0.1) is 17.3 Å². The first-order valence-corrected chi connectivity index (χ1v) is 8.50. The van der Waals surface area contributed by atoms with Gasteiger partial charge in [-0.2, -0.15) is 0 Å². The molecule has 2 aliphatic heterocycles. The van der Waals surface area contributed by atoms with Crippen molar-refractivity contribution in [3.63, 3.8) is 0 Å². The van der Waals surface area contributed by atoms with Gasteiger partial charge >= 0.3 is 0 Å². The molecule has 1 N–H and O–H groups in total. The number of hydrogen-bond donors (Lipinski definition) is 1. The molecule has 4 rings (SSSR count). The van der Waals surface area contributed by atoms with Crippen LogP contribution in [0.3, 0.4) is 0 Å². The second-order valence-corrected chi connectivity index (χ2v) is 7.56. The zero-order valence-electron chi connectivity index (χ0n) is 12.2. The minimum absolute atomic E-state index is 0.774. The van der Waals surface area contributed by atoms with Crippen molar-refractivity contribution in [1.29, 1.82) is 0 Å². The van der Waals surface area contributed by atoms with Gasteiger partial charge in [0, 0.05) is 39.3 Å². The Morgan fingerprint density at radius 2 is 1.53 bits per heavy atom. The third-order valence-electron chi connectivity index (χ3n) is 6.11. The van der Waals surface area contributed by atoms with E-state index in [0.29, 0.717) is 0 Å². The van der Waals surface area contributed by atoms with Gasteiger partial charge in [-0.25, -0.2) is 0 Å². The van der Waals surface area contributed by atoms with Crippen LogP contribution in [-0.4, -0.2) is 62.2 Å². The average Bonchev–Trinajstić information content (AvgIpc) is 3.34. The molecule has 0 bridgehead atoms. The zero-order chi connectivity index (χ0) is 12.7. The van der Waals surface area contributed by atoms with E-state index in [0.717, 1.165) is 17.3 Å². The molecule has 4 fully saturated rings. The molecule has 0 aromatic heterocycles. The number of hydrogen-bond acceptors (Lipinski definition) is 3. The molecule has 3 nitrogen and oxygen atoms in total. The summed E-state index contributed by atoms with van der Waals surface area (Å²) in [6.07, 6.45) is 7.41. The summed E-state index contributed by atoms with van der Waals surface area (Å²) in [5, 5.41) is 3.51. The number of piperidine rings is 1. The highest BCUT2D eigenvalue weighted by atomic mass is 15.3. The number of nitrogens with zero attached hydrogens (tertiary/aromatic N) is 2. The fraction of sp³-hybridized carbons (Fsp3) is 1.00. The van der Waals surface area contributed by atoms with Gasteiger partial charge in [0.2, 0.25) is 0 Å². The molecule has 2 heterocycles. The first-order chi connectivity index (χ1) is 9.34. The van der Waals surface area contributed by atoms with Gasteiger partial charge in [-0.3, -0.25) is 0 Å². The molecule has 0 radical (unpaired) electrons. The Bertz CT molecular complexity index is 312. The maximum atomic E-state index is 3.51. The van der Waals surface area contributed by atoms with E-state index in [2.05, 4.69) is 15.1 Å². The summed E-state index contributed by atoms with van der Waals surface area (Å²) in [6, 6.07) is 0. The van der Waals surface area contributed by atoms with E-state index in [-0.39, 0.29) is 0 Å². The van der Waals surface area contributed by atoms with Crippen LogP contribution < -0.4 is 5.32 Å². The minimum atomic E-state index is 0.774. The SMILES string of the molecule is C1CC2(CCN1)CC2CN1CCN(CC2CC2)CC1. The summed E-state index contributed by atoms with van der Waals surface area (Å²) in [5.74, 6) is 2.09. The highest BCUT2D eigenvalue weighted by molar-refractivity contribution is 5.05. The van der Waals surface area contributed by atoms with Crippen molar-refractivity contribution >= 4 is 0 Å². The van der Waals surface area contributed by atoms with E-state index in [9.17, 15) is 0 Å². The van der Waals surface area contributed by atoms with Crippen LogP contribution >= 0.6 is 0 Å². The monoisotopic (exact) mass is 263 g/mol. The summed E-state index contributed by atoms with van der Waals surface area (Å²) in [5.41, 5.74) is 0.774. The smallest absolute Gasteiger partial charge is 0.0110 e. The largest absolute Gasteiger partial charge is 0.317 e. The predicted molar refractivity (Wildman–Crippen MR) is 78.2 cm³/mol. The molecule has 0 aromatic rings. The van der Waals surface area contributed by atoms with Gasteiger partial charge in [0.15, 0.2) is 0 Å². The Balaban J connectivity index is 1.20. The maximum Gasteiger partial charge on any atom is 0.0110 e. The summed E-state index contributed by atoms with van der Waals surface area (Å²) in [7, 11) is 0. The van der Waals surface area contributed by atoms with Crippen LogP contribution in [0.25, 0.3) is 0 Å². The highest BCUT2D eigenvalue weighted by Gasteiger charge is 2.53. The summed E-state index contributed by atoms with van der Waals surface area (Å²) < 4.78 is 0. The molecular formula is C16H29N3. The van der Waals surface area contributed by atoms with E-state index < -0.39 is 0 Å². The molecule has 108 valence electrons. The lowest BCUT2D eigenvalue weighted by Crippen LogP contribution is -2.47. The second kappa shape index (κ2) is 5.01. The molecule has 0 aromatic carbocycles. The second-order valence-electron chi connectivity index (χ2n) is 7.56. The van der Waals surface area contributed by atoms with Crippen molar-refractivity contribution in [2.45, 2.75) is 32.1 Å². The molecule has 1 atom stereocenters. The van der Waals surface area contributed by atoms with E-state index in [1.165, 1.54) is 84.5 Å². The maximum absolute atomic E-state index is 3.51. The Hall–Kier alpha value is -0.120. The fourth-order valence-electron chi connectivity index (χ4n) is 4.36. The lowest BCUT2D eigenvalue weighted by atomic mass is 9.92. The lowest BCUT2D eigenvalue weighted by molar-refractivity contribution is 0.118. The van der Waals surface area contributed by atoms with Crippen LogP contribution in [0.2, 0.25) is 0 Å². The number of rotatable bonds is 4. The lowest BCUT2D eigenvalue weighted by Gasteiger charge is -2.35. The van der Waals surface area contributed by atoms with Crippen molar-refractivity contribution in [2.24, 2.45) is 17.3 Å². The Morgan fingerprint density at radius 1 is 0.895 bits per heavy atom. The van der Waals surface area contributed by atoms with E-state index in [4.69, 9.17) is 0 Å². The minimum Gasteiger partial charge on any atom is -0.317 e. The standard InChI is InChI=1S/C16H29N3/c1-2-14(1)12-18-7-9-19(10-8-18)13-15-11-16(15)3-5-17-6-4-16/h14-15,17H,1-13H2. The van der Waals surface area contributed by atoms with Gasteiger partial charge in [0.05, 0.1) is 0 Å². The molecular weight excluding hydrogens is 234 g/mol. The highest BCUT2D eigenvalue weighted by Crippen LogP contribution is 2.58. The van der Waals surface area contributed by atoms with Crippen molar-refractivity contribution in [3.05, 3.63) is 0 Å². The fourth-order valence-corrected chi connectivity index (χ4v) is 4.36. The number of nitrogens with one attached hydrogen (secondary N) is 1. The van der Waals surface area contributed by atoms with Gasteiger partial charge in [0.25, 0.3) is 0 Å². The molecule has 3 heteroatoms. The van der Waals surface area contributed by atoms with Crippen molar-refractivity contribution in [3.8, 4) is 0 Å². The zero-order valence-corrected chi connectivity index (χ0v) is 12.2. The molecule has 2 aliphatic carbocycles. The Kier molecular flexibility index (Phi) is 3.33. The van der Waals surface area contributed by atoms with Gasteiger partial charge < -0.3 is 15.1 Å². The topological polar surface area (TPSA) is 18.5 Å². The predicted octanol–water partition coefficient (Wildman–Crippen LogP) is 1.40. The van der Waals surface area contributed by atoms with E-state index >= 15 is 0 Å². The summed E-state index contributed by atoms with van der Waals surface area (Å²) in [6.45, 7) is 10.7. The van der Waals surface area contributed by atoms with Gasteiger partial charge in [0.1, 0.15) is 0 Å².